The van der Waals surface area contributed by atoms with Gasteiger partial charge in [0, 0.05) is 12.2 Å². The zero-order valence-electron chi connectivity index (χ0n) is 10.7. The number of rotatable bonds is 2. The van der Waals surface area contributed by atoms with Gasteiger partial charge in [-0.15, -0.1) is 0 Å². The summed E-state index contributed by atoms with van der Waals surface area (Å²) < 4.78 is 0. The molecule has 102 valence electrons. The Labute approximate surface area is 121 Å². The molecule has 2 aromatic rings. The van der Waals surface area contributed by atoms with E-state index >= 15 is 0 Å². The zero-order chi connectivity index (χ0) is 14.1. The van der Waals surface area contributed by atoms with E-state index in [4.69, 9.17) is 17.3 Å². The lowest BCUT2D eigenvalue weighted by atomic mass is 10.0. The van der Waals surface area contributed by atoms with Crippen LogP contribution < -0.4 is 10.6 Å². The predicted octanol–water partition coefficient (Wildman–Crippen LogP) is 2.61. The lowest BCUT2D eigenvalue weighted by molar-refractivity contribution is 0.112. The maximum atomic E-state index is 11.3. The van der Waals surface area contributed by atoms with Crippen LogP contribution >= 0.6 is 11.6 Å². The minimum Gasteiger partial charge on any atom is -0.368 e. The number of nitrogens with zero attached hydrogens (tertiary/aromatic N) is 3. The van der Waals surface area contributed by atoms with Crippen LogP contribution in [0.2, 0.25) is 5.15 Å². The first-order chi connectivity index (χ1) is 9.70. The molecule has 0 saturated carbocycles. The number of aldehydes is 1. The molecule has 0 unspecified atom stereocenters. The van der Waals surface area contributed by atoms with Gasteiger partial charge < -0.3 is 10.6 Å². The first-order valence-corrected chi connectivity index (χ1v) is 6.72. The molecule has 0 spiro atoms. The summed E-state index contributed by atoms with van der Waals surface area (Å²) >= 11 is 5.99. The van der Waals surface area contributed by atoms with Crippen molar-refractivity contribution in [1.82, 2.24) is 9.97 Å². The molecule has 3 rings (SSSR count). The molecule has 6 heteroatoms. The number of aryl methyl sites for hydroxylation is 1. The highest BCUT2D eigenvalue weighted by Crippen LogP contribution is 2.35. The number of para-hydroxylation sites is 1. The summed E-state index contributed by atoms with van der Waals surface area (Å²) in [7, 11) is 0. The number of anilines is 3. The highest BCUT2D eigenvalue weighted by atomic mass is 35.5. The molecule has 2 heterocycles. The van der Waals surface area contributed by atoms with E-state index in [-0.39, 0.29) is 16.7 Å². The van der Waals surface area contributed by atoms with Crippen LogP contribution in [0.25, 0.3) is 0 Å². The summed E-state index contributed by atoms with van der Waals surface area (Å²) in [6.07, 6.45) is 2.67. The fourth-order valence-corrected chi connectivity index (χ4v) is 2.72. The zero-order valence-corrected chi connectivity index (χ0v) is 11.5. The molecule has 5 nitrogen and oxygen atoms in total. The summed E-state index contributed by atoms with van der Waals surface area (Å²) in [5.74, 6) is 0.545. The van der Waals surface area contributed by atoms with Crippen molar-refractivity contribution >= 4 is 35.3 Å². The molecular formula is C14H13ClN4O. The van der Waals surface area contributed by atoms with Gasteiger partial charge in [-0.3, -0.25) is 4.79 Å². The summed E-state index contributed by atoms with van der Waals surface area (Å²) in [6.45, 7) is 0.768. The highest BCUT2D eigenvalue weighted by Gasteiger charge is 2.23. The van der Waals surface area contributed by atoms with Crippen molar-refractivity contribution in [1.29, 1.82) is 0 Å². The lowest BCUT2D eigenvalue weighted by Crippen LogP contribution is -2.27. The molecule has 1 aromatic heterocycles. The Morgan fingerprint density at radius 3 is 2.90 bits per heavy atom. The third-order valence-electron chi connectivity index (χ3n) is 3.38. The quantitative estimate of drug-likeness (QED) is 0.679. The van der Waals surface area contributed by atoms with Gasteiger partial charge in [-0.1, -0.05) is 29.8 Å². The van der Waals surface area contributed by atoms with E-state index in [1.165, 1.54) is 5.56 Å². The molecule has 0 atom stereocenters. The van der Waals surface area contributed by atoms with Crippen molar-refractivity contribution in [3.8, 4) is 0 Å². The Morgan fingerprint density at radius 1 is 1.30 bits per heavy atom. The highest BCUT2D eigenvalue weighted by molar-refractivity contribution is 6.32. The normalized spacial score (nSPS) is 13.9. The van der Waals surface area contributed by atoms with E-state index in [1.807, 2.05) is 23.1 Å². The van der Waals surface area contributed by atoms with Gasteiger partial charge in [0.15, 0.2) is 12.1 Å². The summed E-state index contributed by atoms with van der Waals surface area (Å²) in [5, 5.41) is 0.0885. The topological polar surface area (TPSA) is 72.1 Å². The van der Waals surface area contributed by atoms with E-state index in [9.17, 15) is 4.79 Å². The SMILES string of the molecule is Nc1nc(Cl)c(C=O)c(N2CCCc3ccccc32)n1. The maximum Gasteiger partial charge on any atom is 0.223 e. The second-order valence-electron chi connectivity index (χ2n) is 4.61. The van der Waals surface area contributed by atoms with Gasteiger partial charge in [-0.2, -0.15) is 4.98 Å². The smallest absolute Gasteiger partial charge is 0.223 e. The van der Waals surface area contributed by atoms with E-state index < -0.39 is 0 Å². The molecule has 2 N–H and O–H groups in total. The number of hydrogen-bond donors (Lipinski definition) is 1. The Morgan fingerprint density at radius 2 is 2.10 bits per heavy atom. The average molecular weight is 289 g/mol. The molecule has 1 aromatic carbocycles. The van der Waals surface area contributed by atoms with Gasteiger partial charge in [0.25, 0.3) is 0 Å². The molecule has 1 aliphatic rings. The van der Waals surface area contributed by atoms with Crippen LogP contribution in [-0.2, 0) is 6.42 Å². The molecular weight excluding hydrogens is 276 g/mol. The third kappa shape index (κ3) is 2.10. The molecule has 20 heavy (non-hydrogen) atoms. The fraction of sp³-hybridized carbons (Fsp3) is 0.214. The van der Waals surface area contributed by atoms with Crippen LogP contribution in [0.15, 0.2) is 24.3 Å². The van der Waals surface area contributed by atoms with Gasteiger partial charge in [0.1, 0.15) is 5.15 Å². The van der Waals surface area contributed by atoms with Gasteiger partial charge in [-0.05, 0) is 24.5 Å². The van der Waals surface area contributed by atoms with E-state index in [2.05, 4.69) is 16.0 Å². The number of halogens is 1. The van der Waals surface area contributed by atoms with Gasteiger partial charge >= 0.3 is 0 Å². The van der Waals surface area contributed by atoms with Crippen LogP contribution in [0.5, 0.6) is 0 Å². The number of benzene rings is 1. The average Bonchev–Trinajstić information content (AvgIpc) is 2.46. The molecule has 1 aliphatic heterocycles. The van der Waals surface area contributed by atoms with E-state index in [0.29, 0.717) is 12.1 Å². The van der Waals surface area contributed by atoms with Gasteiger partial charge in [0.05, 0.1) is 5.56 Å². The third-order valence-corrected chi connectivity index (χ3v) is 3.67. The largest absolute Gasteiger partial charge is 0.368 e. The number of fused-ring (bicyclic) bond motifs is 1. The number of hydrogen-bond acceptors (Lipinski definition) is 5. The molecule has 0 fully saturated rings. The lowest BCUT2D eigenvalue weighted by Gasteiger charge is -2.31. The number of carbonyl (C=O) groups is 1. The Hall–Kier alpha value is -2.14. The first-order valence-electron chi connectivity index (χ1n) is 6.34. The standard InChI is InChI=1S/C14H13ClN4O/c15-12-10(8-20)13(18-14(16)17-12)19-7-3-5-9-4-1-2-6-11(9)19/h1-2,4,6,8H,3,5,7H2,(H2,16,17,18). The monoisotopic (exact) mass is 288 g/mol. The van der Waals surface area contributed by atoms with Crippen LogP contribution in [0.4, 0.5) is 17.5 Å². The first kappa shape index (κ1) is 12.9. The van der Waals surface area contributed by atoms with Crippen LogP contribution in [0.1, 0.15) is 22.3 Å². The summed E-state index contributed by atoms with van der Waals surface area (Å²) in [4.78, 5) is 21.3. The van der Waals surface area contributed by atoms with Crippen LogP contribution in [0, 0.1) is 0 Å². The maximum absolute atomic E-state index is 11.3. The fourth-order valence-electron chi connectivity index (χ4n) is 2.51. The number of aromatic nitrogens is 2. The molecule has 0 aliphatic carbocycles. The molecule has 0 radical (unpaired) electrons. The predicted molar refractivity (Wildman–Crippen MR) is 78.6 cm³/mol. The van der Waals surface area contributed by atoms with Crippen molar-refractivity contribution < 1.29 is 4.79 Å². The van der Waals surface area contributed by atoms with Gasteiger partial charge in [-0.25, -0.2) is 4.98 Å². The van der Waals surface area contributed by atoms with Gasteiger partial charge in [0.2, 0.25) is 5.95 Å². The number of nitrogen functional groups attached to an aromatic ring is 1. The Balaban J connectivity index is 2.18. The summed E-state index contributed by atoms with van der Waals surface area (Å²) in [5.41, 5.74) is 8.20. The second-order valence-corrected chi connectivity index (χ2v) is 4.97. The molecule has 0 bridgehead atoms. The summed E-state index contributed by atoms with van der Waals surface area (Å²) in [6, 6.07) is 8.05. The Kier molecular flexibility index (Phi) is 3.28. The van der Waals surface area contributed by atoms with Crippen molar-refractivity contribution in [3.05, 3.63) is 40.5 Å². The number of carbonyl (C=O) groups excluding carboxylic acids is 1. The van der Waals surface area contributed by atoms with Crippen molar-refractivity contribution in [2.24, 2.45) is 0 Å². The van der Waals surface area contributed by atoms with Crippen LogP contribution in [-0.4, -0.2) is 22.8 Å². The van der Waals surface area contributed by atoms with Crippen molar-refractivity contribution in [3.63, 3.8) is 0 Å². The second kappa shape index (κ2) is 5.09. The van der Waals surface area contributed by atoms with E-state index in [1.54, 1.807) is 0 Å². The van der Waals surface area contributed by atoms with Crippen molar-refractivity contribution in [2.75, 3.05) is 17.2 Å². The minimum atomic E-state index is 0.0682. The minimum absolute atomic E-state index is 0.0682. The Bertz CT molecular complexity index is 674. The van der Waals surface area contributed by atoms with Crippen molar-refractivity contribution in [2.45, 2.75) is 12.8 Å². The van der Waals surface area contributed by atoms with Crippen LogP contribution in [0.3, 0.4) is 0 Å². The van der Waals surface area contributed by atoms with E-state index in [0.717, 1.165) is 25.1 Å². The molecule has 0 amide bonds. The molecule has 0 saturated heterocycles. The number of nitrogens with two attached hydrogens (primary N) is 1.